The maximum absolute atomic E-state index is 12.4. The molecule has 1 aliphatic rings. The molecule has 118 valence electrons. The summed E-state index contributed by atoms with van der Waals surface area (Å²) in [6, 6.07) is 6.69. The zero-order valence-corrected chi connectivity index (χ0v) is 14.1. The van der Waals surface area contributed by atoms with E-state index in [1.165, 1.54) is 0 Å². The van der Waals surface area contributed by atoms with Crippen LogP contribution in [0, 0.1) is 0 Å². The molecule has 1 atom stereocenters. The Hall–Kier alpha value is -0.920. The molecule has 0 bridgehead atoms. The zero-order chi connectivity index (χ0) is 15.9. The molecule has 1 fully saturated rings. The molecule has 0 amide bonds. The van der Waals surface area contributed by atoms with Crippen LogP contribution >= 0.6 is 0 Å². The van der Waals surface area contributed by atoms with Crippen molar-refractivity contribution < 1.29 is 16.8 Å². The van der Waals surface area contributed by atoms with E-state index in [-0.39, 0.29) is 16.4 Å². The van der Waals surface area contributed by atoms with Gasteiger partial charge in [-0.15, -0.1) is 0 Å². The van der Waals surface area contributed by atoms with Gasteiger partial charge in [-0.3, -0.25) is 0 Å². The largest absolute Gasteiger partial charge is 0.241 e. The molecule has 1 saturated heterocycles. The highest BCUT2D eigenvalue weighted by molar-refractivity contribution is 7.92. The lowest BCUT2D eigenvalue weighted by molar-refractivity contribution is 0.462. The average Bonchev–Trinajstić information content (AvgIpc) is 2.62. The lowest BCUT2D eigenvalue weighted by Crippen LogP contribution is -2.46. The van der Waals surface area contributed by atoms with E-state index in [4.69, 9.17) is 0 Å². The third kappa shape index (κ3) is 3.84. The van der Waals surface area contributed by atoms with E-state index in [0.29, 0.717) is 12.3 Å². The molecule has 1 aliphatic heterocycles. The maximum Gasteiger partial charge on any atom is 0.241 e. The Labute approximate surface area is 126 Å². The first-order chi connectivity index (χ1) is 9.53. The molecular formula is C14H21NO4S2. The van der Waals surface area contributed by atoms with E-state index < -0.39 is 25.4 Å². The lowest BCUT2D eigenvalue weighted by Gasteiger charge is -2.23. The van der Waals surface area contributed by atoms with E-state index >= 15 is 0 Å². The van der Waals surface area contributed by atoms with Crippen LogP contribution in [0.3, 0.4) is 0 Å². The van der Waals surface area contributed by atoms with E-state index in [1.807, 2.05) is 13.8 Å². The molecule has 2 rings (SSSR count). The number of rotatable bonds is 4. The van der Waals surface area contributed by atoms with Crippen molar-refractivity contribution >= 4 is 19.9 Å². The van der Waals surface area contributed by atoms with Crippen LogP contribution in [0.2, 0.25) is 0 Å². The van der Waals surface area contributed by atoms with E-state index in [9.17, 15) is 16.8 Å². The van der Waals surface area contributed by atoms with Crippen molar-refractivity contribution in [2.45, 2.75) is 43.5 Å². The summed E-state index contributed by atoms with van der Waals surface area (Å²) in [5.41, 5.74) is 0.137. The predicted molar refractivity (Wildman–Crippen MR) is 82.5 cm³/mol. The van der Waals surface area contributed by atoms with Gasteiger partial charge in [-0.1, -0.05) is 26.0 Å². The zero-order valence-electron chi connectivity index (χ0n) is 12.5. The number of nitrogens with one attached hydrogen (secondary N) is 1. The van der Waals surface area contributed by atoms with Crippen LogP contribution in [-0.4, -0.2) is 33.9 Å². The lowest BCUT2D eigenvalue weighted by atomic mass is 10.0. The molecule has 1 N–H and O–H groups in total. The molecule has 0 aromatic heterocycles. The molecular weight excluding hydrogens is 310 g/mol. The van der Waals surface area contributed by atoms with Gasteiger partial charge >= 0.3 is 0 Å². The summed E-state index contributed by atoms with van der Waals surface area (Å²) in [6.45, 7) is 5.70. The van der Waals surface area contributed by atoms with E-state index in [1.54, 1.807) is 31.2 Å². The Kier molecular flexibility index (Phi) is 4.21. The van der Waals surface area contributed by atoms with Crippen molar-refractivity contribution in [2.75, 3.05) is 11.5 Å². The molecule has 0 spiro atoms. The number of benzene rings is 1. The summed E-state index contributed by atoms with van der Waals surface area (Å²) < 4.78 is 50.4. The van der Waals surface area contributed by atoms with Gasteiger partial charge in [0.2, 0.25) is 10.0 Å². The minimum absolute atomic E-state index is 0.0261. The van der Waals surface area contributed by atoms with Gasteiger partial charge in [0.25, 0.3) is 0 Å². The smallest absolute Gasteiger partial charge is 0.229 e. The number of hydrogen-bond donors (Lipinski definition) is 1. The first-order valence-electron chi connectivity index (χ1n) is 6.87. The molecule has 0 saturated carbocycles. The second kappa shape index (κ2) is 5.37. The summed E-state index contributed by atoms with van der Waals surface area (Å²) in [6.07, 6.45) is 0.304. The molecule has 0 radical (unpaired) electrons. The highest BCUT2D eigenvalue weighted by atomic mass is 32.2. The second-order valence-corrected chi connectivity index (χ2v) is 10.1. The van der Waals surface area contributed by atoms with Crippen LogP contribution in [0.4, 0.5) is 0 Å². The Morgan fingerprint density at radius 2 is 1.76 bits per heavy atom. The van der Waals surface area contributed by atoms with Crippen molar-refractivity contribution in [3.05, 3.63) is 29.8 Å². The van der Waals surface area contributed by atoms with Crippen molar-refractivity contribution in [3.8, 4) is 0 Å². The predicted octanol–water partition coefficient (Wildman–Crippen LogP) is 1.67. The van der Waals surface area contributed by atoms with Crippen LogP contribution < -0.4 is 4.72 Å². The Bertz CT molecular complexity index is 721. The number of sulfone groups is 1. The summed E-state index contributed by atoms with van der Waals surface area (Å²) in [7, 11) is -6.86. The van der Waals surface area contributed by atoms with Gasteiger partial charge in [0.1, 0.15) is 0 Å². The monoisotopic (exact) mass is 331 g/mol. The van der Waals surface area contributed by atoms with Crippen molar-refractivity contribution in [1.29, 1.82) is 0 Å². The molecule has 5 nitrogen and oxygen atoms in total. The van der Waals surface area contributed by atoms with Gasteiger partial charge in [-0.05, 0) is 37.0 Å². The topological polar surface area (TPSA) is 80.3 Å². The normalized spacial score (nSPS) is 25.3. The SMILES string of the molecule is CC(C)c1ccc(S(=O)(=O)NC2(C)CCS(=O)(=O)C2)cc1. The minimum Gasteiger partial charge on any atom is -0.229 e. The molecule has 1 aromatic rings. The minimum atomic E-state index is -3.71. The second-order valence-electron chi connectivity index (χ2n) is 6.23. The van der Waals surface area contributed by atoms with Gasteiger partial charge in [-0.2, -0.15) is 0 Å². The van der Waals surface area contributed by atoms with Crippen LogP contribution in [0.1, 0.15) is 38.7 Å². The maximum atomic E-state index is 12.4. The third-order valence-corrected chi connectivity index (χ3v) is 7.30. The van der Waals surface area contributed by atoms with Crippen molar-refractivity contribution in [2.24, 2.45) is 0 Å². The fraction of sp³-hybridized carbons (Fsp3) is 0.571. The molecule has 21 heavy (non-hydrogen) atoms. The van der Waals surface area contributed by atoms with Gasteiger partial charge in [0.05, 0.1) is 16.4 Å². The van der Waals surface area contributed by atoms with Crippen molar-refractivity contribution in [1.82, 2.24) is 4.72 Å². The Morgan fingerprint density at radius 1 is 1.19 bits per heavy atom. The number of sulfonamides is 1. The van der Waals surface area contributed by atoms with Crippen LogP contribution in [0.25, 0.3) is 0 Å². The highest BCUT2D eigenvalue weighted by Crippen LogP contribution is 2.26. The summed E-state index contributed by atoms with van der Waals surface area (Å²) in [5.74, 6) is 0.203. The Morgan fingerprint density at radius 3 is 2.19 bits per heavy atom. The van der Waals surface area contributed by atoms with Gasteiger partial charge in [0.15, 0.2) is 9.84 Å². The molecule has 1 heterocycles. The first-order valence-corrected chi connectivity index (χ1v) is 10.2. The molecule has 1 aromatic carbocycles. The molecule has 1 unspecified atom stereocenters. The van der Waals surface area contributed by atoms with Crippen molar-refractivity contribution in [3.63, 3.8) is 0 Å². The van der Waals surface area contributed by atoms with Gasteiger partial charge in [-0.25, -0.2) is 21.6 Å². The van der Waals surface area contributed by atoms with E-state index in [0.717, 1.165) is 5.56 Å². The van der Waals surface area contributed by atoms with Gasteiger partial charge in [0, 0.05) is 5.54 Å². The van der Waals surface area contributed by atoms with Gasteiger partial charge < -0.3 is 0 Å². The summed E-state index contributed by atoms with van der Waals surface area (Å²) in [4.78, 5) is 0.164. The standard InChI is InChI=1S/C14H21NO4S2/c1-11(2)12-4-6-13(7-5-12)21(18,19)15-14(3)8-9-20(16,17)10-14/h4-7,11,15H,8-10H2,1-3H3. The highest BCUT2D eigenvalue weighted by Gasteiger charge is 2.41. The van der Waals surface area contributed by atoms with Crippen LogP contribution in [0.5, 0.6) is 0 Å². The first kappa shape index (κ1) is 16.5. The van der Waals surface area contributed by atoms with Crippen LogP contribution in [-0.2, 0) is 19.9 Å². The fourth-order valence-electron chi connectivity index (χ4n) is 2.51. The molecule has 0 aliphatic carbocycles. The molecule has 7 heteroatoms. The van der Waals surface area contributed by atoms with Crippen LogP contribution in [0.15, 0.2) is 29.2 Å². The Balaban J connectivity index is 2.23. The average molecular weight is 331 g/mol. The quantitative estimate of drug-likeness (QED) is 0.910. The summed E-state index contributed by atoms with van der Waals surface area (Å²) in [5, 5.41) is 0. The fourth-order valence-corrected chi connectivity index (χ4v) is 6.13. The third-order valence-electron chi connectivity index (χ3n) is 3.74. The number of hydrogen-bond acceptors (Lipinski definition) is 4. The summed E-state index contributed by atoms with van der Waals surface area (Å²) >= 11 is 0. The van der Waals surface area contributed by atoms with E-state index in [2.05, 4.69) is 4.72 Å².